The first-order chi connectivity index (χ1) is 9.31. The number of phenolic OH excluding ortho intramolecular Hbond substituents is 1. The number of aliphatic imine (C=N–C) groups is 1. The average molecular weight is 277 g/mol. The van der Waals surface area contributed by atoms with Gasteiger partial charge in [-0.3, -0.25) is 4.99 Å². The van der Waals surface area contributed by atoms with E-state index < -0.39 is 0 Å². The summed E-state index contributed by atoms with van der Waals surface area (Å²) in [5.74, 6) is 1.84. The Morgan fingerprint density at radius 3 is 3.11 bits per heavy atom. The van der Waals surface area contributed by atoms with E-state index in [1.54, 1.807) is 6.07 Å². The van der Waals surface area contributed by atoms with E-state index in [0.717, 1.165) is 43.9 Å². The summed E-state index contributed by atoms with van der Waals surface area (Å²) in [5, 5.41) is 13.4. The van der Waals surface area contributed by atoms with Crippen molar-refractivity contribution in [2.24, 2.45) is 4.99 Å². The maximum Gasteiger partial charge on any atom is 0.139 e. The largest absolute Gasteiger partial charge is 0.506 e. The van der Waals surface area contributed by atoms with Gasteiger partial charge >= 0.3 is 0 Å². The topological polar surface area (TPSA) is 56.6 Å². The Kier molecular flexibility index (Phi) is 3.55. The molecule has 1 atom stereocenters. The summed E-state index contributed by atoms with van der Waals surface area (Å²) in [7, 11) is 0. The number of benzene rings is 1. The molecule has 19 heavy (non-hydrogen) atoms. The van der Waals surface area contributed by atoms with Crippen molar-refractivity contribution < 1.29 is 5.11 Å². The average Bonchev–Trinajstić information content (AvgIpc) is 2.95. The van der Waals surface area contributed by atoms with E-state index in [-0.39, 0.29) is 0 Å². The highest BCUT2D eigenvalue weighted by atomic mass is 32.2. The zero-order valence-corrected chi connectivity index (χ0v) is 11.9. The predicted octanol–water partition coefficient (Wildman–Crippen LogP) is 2.50. The molecule has 0 aromatic heterocycles. The van der Waals surface area contributed by atoms with Crippen LogP contribution in [0.2, 0.25) is 0 Å². The van der Waals surface area contributed by atoms with Crippen LogP contribution in [0.15, 0.2) is 17.1 Å². The summed E-state index contributed by atoms with van der Waals surface area (Å²) >= 11 is 1.52. The monoisotopic (exact) mass is 277 g/mol. The standard InChI is InChI=1S/C14H19N3OS/c1-19-17-13-10-3-2-4-11(14-15-7-8-16-14)9(10)5-6-12(13)18/h5-6,11,17-18H,2-4,7-8H2,1H3,(H,15,16). The molecule has 4 nitrogen and oxygen atoms in total. The van der Waals surface area contributed by atoms with Gasteiger partial charge in [0.25, 0.3) is 0 Å². The molecular weight excluding hydrogens is 258 g/mol. The lowest BCUT2D eigenvalue weighted by Crippen LogP contribution is -2.28. The fourth-order valence-corrected chi connectivity index (χ4v) is 3.47. The molecule has 1 aliphatic heterocycles. The van der Waals surface area contributed by atoms with Crippen molar-refractivity contribution in [2.75, 3.05) is 24.1 Å². The van der Waals surface area contributed by atoms with Crippen LogP contribution < -0.4 is 10.0 Å². The first kappa shape index (κ1) is 12.7. The quantitative estimate of drug-likeness (QED) is 0.587. The van der Waals surface area contributed by atoms with Crippen LogP contribution >= 0.6 is 11.9 Å². The molecule has 3 N–H and O–H groups in total. The molecule has 2 aliphatic rings. The van der Waals surface area contributed by atoms with Gasteiger partial charge in [0.2, 0.25) is 0 Å². The molecular formula is C14H19N3OS. The fraction of sp³-hybridized carbons (Fsp3) is 0.500. The van der Waals surface area contributed by atoms with Gasteiger partial charge in [-0.05, 0) is 36.5 Å². The summed E-state index contributed by atoms with van der Waals surface area (Å²) in [6.45, 7) is 1.84. The lowest BCUT2D eigenvalue weighted by molar-refractivity contribution is 0.476. The van der Waals surface area contributed by atoms with Gasteiger partial charge in [0.1, 0.15) is 11.6 Å². The number of anilines is 1. The number of rotatable bonds is 3. The van der Waals surface area contributed by atoms with Crippen LogP contribution in [-0.2, 0) is 6.42 Å². The smallest absolute Gasteiger partial charge is 0.139 e. The van der Waals surface area contributed by atoms with Crippen molar-refractivity contribution in [1.82, 2.24) is 5.32 Å². The summed E-state index contributed by atoms with van der Waals surface area (Å²) in [4.78, 5) is 4.57. The van der Waals surface area contributed by atoms with Crippen LogP contribution in [-0.4, -0.2) is 30.3 Å². The molecule has 0 saturated heterocycles. The third-order valence-electron chi connectivity index (χ3n) is 3.86. The zero-order chi connectivity index (χ0) is 13.2. The van der Waals surface area contributed by atoms with Gasteiger partial charge in [-0.15, -0.1) is 0 Å². The molecule has 1 aromatic carbocycles. The summed E-state index contributed by atoms with van der Waals surface area (Å²) < 4.78 is 3.22. The van der Waals surface area contributed by atoms with Crippen LogP contribution in [0.5, 0.6) is 5.75 Å². The molecule has 0 saturated carbocycles. The summed E-state index contributed by atoms with van der Waals surface area (Å²) in [6, 6.07) is 3.85. The maximum absolute atomic E-state index is 10.0. The van der Waals surface area contributed by atoms with E-state index in [2.05, 4.69) is 21.1 Å². The molecule has 5 heteroatoms. The van der Waals surface area contributed by atoms with Gasteiger partial charge in [-0.25, -0.2) is 0 Å². The van der Waals surface area contributed by atoms with Gasteiger partial charge < -0.3 is 15.1 Å². The highest BCUT2D eigenvalue weighted by Crippen LogP contribution is 2.41. The summed E-state index contributed by atoms with van der Waals surface area (Å²) in [6.07, 6.45) is 5.28. The number of hydrogen-bond acceptors (Lipinski definition) is 5. The van der Waals surface area contributed by atoms with Crippen LogP contribution in [0.3, 0.4) is 0 Å². The van der Waals surface area contributed by atoms with E-state index >= 15 is 0 Å². The lowest BCUT2D eigenvalue weighted by atomic mass is 9.81. The van der Waals surface area contributed by atoms with Crippen LogP contribution in [0.4, 0.5) is 5.69 Å². The Morgan fingerprint density at radius 1 is 1.47 bits per heavy atom. The van der Waals surface area contributed by atoms with Crippen molar-refractivity contribution in [3.8, 4) is 5.75 Å². The molecule has 0 bridgehead atoms. The first-order valence-corrected chi connectivity index (χ1v) is 7.95. The highest BCUT2D eigenvalue weighted by molar-refractivity contribution is 7.99. The molecule has 0 radical (unpaired) electrons. The van der Waals surface area contributed by atoms with Gasteiger partial charge in [0, 0.05) is 18.7 Å². The SMILES string of the molecule is CSNc1c(O)ccc2c1CCCC2C1=NCCN1. The number of fused-ring (bicyclic) bond motifs is 1. The predicted molar refractivity (Wildman–Crippen MR) is 81.2 cm³/mol. The van der Waals surface area contributed by atoms with E-state index in [1.807, 2.05) is 6.26 Å². The molecule has 3 rings (SSSR count). The van der Waals surface area contributed by atoms with Gasteiger partial charge in [-0.2, -0.15) is 0 Å². The second-order valence-electron chi connectivity index (χ2n) is 4.97. The van der Waals surface area contributed by atoms with Crippen molar-refractivity contribution in [3.63, 3.8) is 0 Å². The highest BCUT2D eigenvalue weighted by Gasteiger charge is 2.28. The Bertz CT molecular complexity index is 516. The van der Waals surface area contributed by atoms with Gasteiger partial charge in [-0.1, -0.05) is 18.0 Å². The van der Waals surface area contributed by atoms with Crippen molar-refractivity contribution >= 4 is 23.5 Å². The van der Waals surface area contributed by atoms with Crippen molar-refractivity contribution in [3.05, 3.63) is 23.3 Å². The molecule has 102 valence electrons. The first-order valence-electron chi connectivity index (χ1n) is 6.73. The Balaban J connectivity index is 2.02. The molecule has 1 aromatic rings. The molecule has 1 unspecified atom stereocenters. The number of nitrogens with zero attached hydrogens (tertiary/aromatic N) is 1. The van der Waals surface area contributed by atoms with Crippen LogP contribution in [0.1, 0.15) is 29.9 Å². The number of aromatic hydroxyl groups is 1. The van der Waals surface area contributed by atoms with E-state index in [4.69, 9.17) is 0 Å². The maximum atomic E-state index is 10.0. The van der Waals surface area contributed by atoms with Crippen LogP contribution in [0.25, 0.3) is 0 Å². The molecule has 1 aliphatic carbocycles. The molecule has 0 amide bonds. The summed E-state index contributed by atoms with van der Waals surface area (Å²) in [5.41, 5.74) is 3.45. The Labute approximate surface area is 117 Å². The van der Waals surface area contributed by atoms with E-state index in [9.17, 15) is 5.11 Å². The normalized spacial score (nSPS) is 21.5. The minimum absolute atomic E-state index is 0.343. The van der Waals surface area contributed by atoms with E-state index in [0.29, 0.717) is 11.7 Å². The van der Waals surface area contributed by atoms with Crippen molar-refractivity contribution in [2.45, 2.75) is 25.2 Å². The van der Waals surface area contributed by atoms with Gasteiger partial charge in [0.15, 0.2) is 0 Å². The molecule has 1 heterocycles. The minimum Gasteiger partial charge on any atom is -0.506 e. The second-order valence-corrected chi connectivity index (χ2v) is 5.58. The number of amidine groups is 1. The van der Waals surface area contributed by atoms with Gasteiger partial charge in [0.05, 0.1) is 12.2 Å². The van der Waals surface area contributed by atoms with Crippen LogP contribution in [0, 0.1) is 0 Å². The number of hydrogen-bond donors (Lipinski definition) is 3. The third-order valence-corrected chi connectivity index (χ3v) is 4.26. The zero-order valence-electron chi connectivity index (χ0n) is 11.1. The fourth-order valence-electron chi connectivity index (χ4n) is 3.04. The molecule has 0 fully saturated rings. The lowest BCUT2D eigenvalue weighted by Gasteiger charge is -2.28. The second kappa shape index (κ2) is 5.33. The minimum atomic E-state index is 0.343. The number of phenols is 1. The van der Waals surface area contributed by atoms with E-state index in [1.165, 1.54) is 23.1 Å². The third kappa shape index (κ3) is 2.27. The number of nitrogens with one attached hydrogen (secondary N) is 2. The van der Waals surface area contributed by atoms with Crippen molar-refractivity contribution in [1.29, 1.82) is 0 Å². The Morgan fingerprint density at radius 2 is 2.37 bits per heavy atom. The molecule has 0 spiro atoms. The Hall–Kier alpha value is -1.36.